The Labute approximate surface area is 110 Å². The zero-order valence-corrected chi connectivity index (χ0v) is 11.0. The van der Waals surface area contributed by atoms with Crippen molar-refractivity contribution in [2.75, 3.05) is 19.7 Å². The maximum Gasteiger partial charge on any atom is 0.266 e. The highest BCUT2D eigenvalue weighted by molar-refractivity contribution is 7.89. The number of sulfonamides is 1. The summed E-state index contributed by atoms with van der Waals surface area (Å²) in [5.41, 5.74) is -0.562. The van der Waals surface area contributed by atoms with Crippen LogP contribution in [0.2, 0.25) is 5.02 Å². The van der Waals surface area contributed by atoms with Crippen molar-refractivity contribution in [2.45, 2.75) is 4.90 Å². The van der Waals surface area contributed by atoms with Crippen LogP contribution in [-0.2, 0) is 10.0 Å². The Balaban J connectivity index is 3.21. The maximum atomic E-state index is 12.2. The summed E-state index contributed by atoms with van der Waals surface area (Å²) >= 11 is 5.58. The predicted octanol–water partition coefficient (Wildman–Crippen LogP) is 0.197. The van der Waals surface area contributed by atoms with Gasteiger partial charge in [0.15, 0.2) is 0 Å². The normalized spacial score (nSPS) is 11.7. The largest absolute Gasteiger partial charge is 0.395 e. The van der Waals surface area contributed by atoms with Gasteiger partial charge in [-0.2, -0.15) is 4.31 Å². The van der Waals surface area contributed by atoms with Crippen molar-refractivity contribution in [1.29, 1.82) is 0 Å². The summed E-state index contributed by atoms with van der Waals surface area (Å²) in [4.78, 5) is 13.2. The number of hydrogen-bond donors (Lipinski definition) is 2. The van der Waals surface area contributed by atoms with E-state index in [1.165, 1.54) is 6.08 Å². The van der Waals surface area contributed by atoms with E-state index in [4.69, 9.17) is 16.7 Å². The number of aliphatic hydroxyl groups is 1. The number of rotatable bonds is 6. The van der Waals surface area contributed by atoms with Gasteiger partial charge in [-0.1, -0.05) is 17.7 Å². The average Bonchev–Trinajstić information content (AvgIpc) is 2.32. The van der Waals surface area contributed by atoms with Crippen LogP contribution in [0, 0.1) is 0 Å². The quantitative estimate of drug-likeness (QED) is 0.733. The first-order valence-electron chi connectivity index (χ1n) is 5.03. The van der Waals surface area contributed by atoms with Gasteiger partial charge < -0.3 is 10.1 Å². The monoisotopic (exact) mass is 292 g/mol. The van der Waals surface area contributed by atoms with Gasteiger partial charge >= 0.3 is 0 Å². The molecule has 0 unspecified atom stereocenters. The van der Waals surface area contributed by atoms with Gasteiger partial charge in [-0.25, -0.2) is 8.42 Å². The zero-order valence-electron chi connectivity index (χ0n) is 9.47. The van der Waals surface area contributed by atoms with E-state index in [-0.39, 0.29) is 29.6 Å². The van der Waals surface area contributed by atoms with Crippen LogP contribution in [0.1, 0.15) is 0 Å². The standard InChI is InChI=1S/C10H13ClN2O4S/c1-2-3-13(4-5-14)18(16,17)8-6-9(11)10(15)12-7-8/h2,6-7,14H,1,3-5H2,(H,12,15). The fraction of sp³-hybridized carbons (Fsp3) is 0.300. The van der Waals surface area contributed by atoms with Crippen molar-refractivity contribution in [2.24, 2.45) is 0 Å². The second-order valence-corrected chi connectivity index (χ2v) is 5.73. The van der Waals surface area contributed by atoms with Gasteiger partial charge in [0.25, 0.3) is 5.56 Å². The molecule has 0 aliphatic heterocycles. The Morgan fingerprint density at radius 3 is 2.72 bits per heavy atom. The molecule has 0 bridgehead atoms. The van der Waals surface area contributed by atoms with Crippen LogP contribution in [0.25, 0.3) is 0 Å². The molecule has 0 aliphatic carbocycles. The second kappa shape index (κ2) is 6.14. The molecule has 6 nitrogen and oxygen atoms in total. The molecule has 0 atom stereocenters. The molecule has 18 heavy (non-hydrogen) atoms. The molecule has 0 saturated carbocycles. The predicted molar refractivity (Wildman–Crippen MR) is 68.1 cm³/mol. The first-order chi connectivity index (χ1) is 8.43. The topological polar surface area (TPSA) is 90.5 Å². The third-order valence-electron chi connectivity index (χ3n) is 2.15. The molecule has 1 rings (SSSR count). The van der Waals surface area contributed by atoms with E-state index in [0.29, 0.717) is 0 Å². The molecular formula is C10H13ClN2O4S. The molecule has 1 aromatic rings. The van der Waals surface area contributed by atoms with E-state index in [1.54, 1.807) is 0 Å². The van der Waals surface area contributed by atoms with Gasteiger partial charge in [-0.3, -0.25) is 4.79 Å². The molecule has 0 spiro atoms. The lowest BCUT2D eigenvalue weighted by molar-refractivity contribution is 0.260. The summed E-state index contributed by atoms with van der Waals surface area (Å²) < 4.78 is 25.4. The lowest BCUT2D eigenvalue weighted by Gasteiger charge is -2.19. The van der Waals surface area contributed by atoms with Crippen LogP contribution < -0.4 is 5.56 Å². The average molecular weight is 293 g/mol. The van der Waals surface area contributed by atoms with Crippen molar-refractivity contribution in [3.8, 4) is 0 Å². The van der Waals surface area contributed by atoms with Crippen LogP contribution in [0.15, 0.2) is 34.6 Å². The first kappa shape index (κ1) is 14.9. The number of hydrogen-bond acceptors (Lipinski definition) is 4. The molecule has 0 radical (unpaired) electrons. The molecule has 0 aliphatic rings. The summed E-state index contributed by atoms with van der Waals surface area (Å²) in [5, 5.41) is 8.64. The fourth-order valence-electron chi connectivity index (χ4n) is 1.30. The van der Waals surface area contributed by atoms with E-state index in [1.807, 2.05) is 0 Å². The molecule has 1 heterocycles. The highest BCUT2D eigenvalue weighted by Gasteiger charge is 2.23. The lowest BCUT2D eigenvalue weighted by atomic mass is 10.5. The first-order valence-corrected chi connectivity index (χ1v) is 6.85. The van der Waals surface area contributed by atoms with Crippen LogP contribution >= 0.6 is 11.6 Å². The van der Waals surface area contributed by atoms with Crippen LogP contribution in [0.3, 0.4) is 0 Å². The Morgan fingerprint density at radius 1 is 1.56 bits per heavy atom. The molecular weight excluding hydrogens is 280 g/mol. The van der Waals surface area contributed by atoms with Crippen molar-refractivity contribution >= 4 is 21.6 Å². The van der Waals surface area contributed by atoms with E-state index in [2.05, 4.69) is 11.6 Å². The number of nitrogens with zero attached hydrogens (tertiary/aromatic N) is 1. The molecule has 1 aromatic heterocycles. The van der Waals surface area contributed by atoms with Gasteiger partial charge in [0.05, 0.1) is 11.5 Å². The minimum atomic E-state index is -3.82. The highest BCUT2D eigenvalue weighted by Crippen LogP contribution is 2.16. The molecule has 0 saturated heterocycles. The summed E-state index contributed by atoms with van der Waals surface area (Å²) in [7, 11) is -3.82. The van der Waals surface area contributed by atoms with E-state index >= 15 is 0 Å². The van der Waals surface area contributed by atoms with Crippen LogP contribution in [0.4, 0.5) is 0 Å². The summed E-state index contributed by atoms with van der Waals surface area (Å²) in [5.74, 6) is 0. The third-order valence-corrected chi connectivity index (χ3v) is 4.27. The number of halogens is 1. The van der Waals surface area contributed by atoms with Crippen LogP contribution in [0.5, 0.6) is 0 Å². The molecule has 2 N–H and O–H groups in total. The number of aliphatic hydroxyl groups excluding tert-OH is 1. The smallest absolute Gasteiger partial charge is 0.266 e. The second-order valence-electron chi connectivity index (χ2n) is 3.39. The number of nitrogens with one attached hydrogen (secondary N) is 1. The van der Waals surface area contributed by atoms with Gasteiger partial charge in [0, 0.05) is 19.3 Å². The fourth-order valence-corrected chi connectivity index (χ4v) is 2.93. The Hall–Kier alpha value is -1.15. The minimum Gasteiger partial charge on any atom is -0.395 e. The summed E-state index contributed by atoms with van der Waals surface area (Å²) in [6, 6.07) is 1.07. The van der Waals surface area contributed by atoms with Crippen molar-refractivity contribution in [1.82, 2.24) is 9.29 Å². The van der Waals surface area contributed by atoms with Gasteiger partial charge in [-0.05, 0) is 6.07 Å². The SMILES string of the molecule is C=CCN(CCO)S(=O)(=O)c1c[nH]c(=O)c(Cl)c1. The Bertz CT molecular complexity index is 582. The summed E-state index contributed by atoms with van der Waals surface area (Å²) in [6.45, 7) is 3.13. The number of aromatic amines is 1. The minimum absolute atomic E-state index is 0.0552. The van der Waals surface area contributed by atoms with Crippen molar-refractivity contribution in [3.63, 3.8) is 0 Å². The molecule has 0 fully saturated rings. The van der Waals surface area contributed by atoms with Crippen molar-refractivity contribution in [3.05, 3.63) is 40.3 Å². The van der Waals surface area contributed by atoms with Gasteiger partial charge in [0.1, 0.15) is 5.02 Å². The van der Waals surface area contributed by atoms with E-state index < -0.39 is 15.6 Å². The van der Waals surface area contributed by atoms with Crippen molar-refractivity contribution < 1.29 is 13.5 Å². The van der Waals surface area contributed by atoms with Gasteiger partial charge in [-0.15, -0.1) is 6.58 Å². The third kappa shape index (κ3) is 3.20. The highest BCUT2D eigenvalue weighted by atomic mass is 35.5. The zero-order chi connectivity index (χ0) is 13.8. The Morgan fingerprint density at radius 2 is 2.22 bits per heavy atom. The van der Waals surface area contributed by atoms with Crippen LogP contribution in [-0.4, -0.2) is 42.5 Å². The molecule has 100 valence electrons. The maximum absolute atomic E-state index is 12.2. The molecule has 0 aromatic carbocycles. The number of pyridine rings is 1. The van der Waals surface area contributed by atoms with E-state index in [0.717, 1.165) is 16.6 Å². The van der Waals surface area contributed by atoms with Gasteiger partial charge in [0.2, 0.25) is 10.0 Å². The summed E-state index contributed by atoms with van der Waals surface area (Å²) in [6.07, 6.45) is 2.47. The van der Waals surface area contributed by atoms with E-state index in [9.17, 15) is 13.2 Å². The molecule has 8 heteroatoms. The number of H-pyrrole nitrogens is 1. The number of aromatic nitrogens is 1. The molecule has 0 amide bonds. The Kier molecular flexibility index (Phi) is 5.09. The lowest BCUT2D eigenvalue weighted by Crippen LogP contribution is -2.34.